The minimum atomic E-state index is -0.542. The highest BCUT2D eigenvalue weighted by Gasteiger charge is 2.11. The number of nitrogens with zero attached hydrogens (tertiary/aromatic N) is 1. The topological polar surface area (TPSA) is 92.3 Å². The van der Waals surface area contributed by atoms with Gasteiger partial charge in [0.25, 0.3) is 0 Å². The van der Waals surface area contributed by atoms with Gasteiger partial charge in [0.15, 0.2) is 5.43 Å². The lowest BCUT2D eigenvalue weighted by Gasteiger charge is -2.08. The van der Waals surface area contributed by atoms with E-state index in [0.29, 0.717) is 22.2 Å². The Kier molecular flexibility index (Phi) is 4.14. The number of aromatic nitrogens is 2. The molecule has 0 spiro atoms. The van der Waals surface area contributed by atoms with Gasteiger partial charge in [0, 0.05) is 35.1 Å². The van der Waals surface area contributed by atoms with Crippen molar-refractivity contribution in [3.8, 4) is 22.8 Å². The number of hydrogen-bond acceptors (Lipinski definition) is 5. The first kappa shape index (κ1) is 16.5. The smallest absolute Gasteiger partial charge is 0.345 e. The average Bonchev–Trinajstić information content (AvgIpc) is 2.69. The number of fused-ring (bicyclic) bond motifs is 1. The zero-order chi connectivity index (χ0) is 18.8. The van der Waals surface area contributed by atoms with Crippen molar-refractivity contribution in [2.24, 2.45) is 0 Å². The number of nitrogens with one attached hydrogen (secondary N) is 1. The first-order valence-electron chi connectivity index (χ1n) is 8.19. The number of benzene rings is 2. The lowest BCUT2D eigenvalue weighted by molar-refractivity contribution is 0.0734. The summed E-state index contributed by atoms with van der Waals surface area (Å²) < 4.78 is 5.33. The zero-order valence-electron chi connectivity index (χ0n) is 14.0. The number of aromatic hydroxyl groups is 1. The van der Waals surface area contributed by atoms with Gasteiger partial charge in [-0.2, -0.15) is 0 Å². The van der Waals surface area contributed by atoms with E-state index in [1.807, 2.05) is 0 Å². The van der Waals surface area contributed by atoms with Crippen LogP contribution in [0.25, 0.3) is 22.2 Å². The highest BCUT2D eigenvalue weighted by molar-refractivity contribution is 5.91. The Morgan fingerprint density at radius 3 is 2.59 bits per heavy atom. The van der Waals surface area contributed by atoms with Gasteiger partial charge in [-0.05, 0) is 60.2 Å². The Balaban J connectivity index is 1.68. The molecule has 0 bridgehead atoms. The summed E-state index contributed by atoms with van der Waals surface area (Å²) in [5.74, 6) is -0.110. The highest BCUT2D eigenvalue weighted by Crippen LogP contribution is 2.23. The molecule has 0 fully saturated rings. The quantitative estimate of drug-likeness (QED) is 0.432. The summed E-state index contributed by atoms with van der Waals surface area (Å²) in [6.45, 7) is 0. The molecule has 2 heterocycles. The second kappa shape index (κ2) is 6.76. The predicted octanol–water partition coefficient (Wildman–Crippen LogP) is 3.51. The lowest BCUT2D eigenvalue weighted by atomic mass is 10.1. The fraction of sp³-hybridized carbons (Fsp3) is 0. The Bertz CT molecular complexity index is 1180. The normalized spacial score (nSPS) is 10.7. The van der Waals surface area contributed by atoms with Crippen molar-refractivity contribution in [1.29, 1.82) is 0 Å². The van der Waals surface area contributed by atoms with E-state index in [-0.39, 0.29) is 16.9 Å². The summed E-state index contributed by atoms with van der Waals surface area (Å²) in [5.41, 5.74) is 2.15. The van der Waals surface area contributed by atoms with Gasteiger partial charge in [-0.15, -0.1) is 0 Å². The number of carbonyl (C=O) groups excluding carboxylic acids is 1. The van der Waals surface area contributed by atoms with Crippen molar-refractivity contribution in [1.82, 2.24) is 9.97 Å². The predicted molar refractivity (Wildman–Crippen MR) is 101 cm³/mol. The third-order valence-corrected chi connectivity index (χ3v) is 4.09. The molecule has 6 nitrogen and oxygen atoms in total. The lowest BCUT2D eigenvalue weighted by Crippen LogP contribution is -2.09. The van der Waals surface area contributed by atoms with Crippen LogP contribution in [-0.2, 0) is 0 Å². The molecule has 0 unspecified atom stereocenters. The van der Waals surface area contributed by atoms with E-state index in [9.17, 15) is 14.7 Å². The molecule has 0 aliphatic rings. The summed E-state index contributed by atoms with van der Waals surface area (Å²) in [6, 6.07) is 16.1. The van der Waals surface area contributed by atoms with Crippen LogP contribution in [0.4, 0.5) is 0 Å². The van der Waals surface area contributed by atoms with Crippen LogP contribution in [0.5, 0.6) is 11.5 Å². The highest BCUT2D eigenvalue weighted by atomic mass is 16.5. The van der Waals surface area contributed by atoms with Gasteiger partial charge in [0.1, 0.15) is 11.5 Å². The van der Waals surface area contributed by atoms with Gasteiger partial charge in [0.05, 0.1) is 5.56 Å². The monoisotopic (exact) mass is 358 g/mol. The Hall–Kier alpha value is -3.93. The zero-order valence-corrected chi connectivity index (χ0v) is 14.0. The molecule has 6 heteroatoms. The molecule has 0 aliphatic heterocycles. The average molecular weight is 358 g/mol. The molecule has 2 aromatic heterocycles. The molecule has 4 aromatic rings. The van der Waals surface area contributed by atoms with E-state index >= 15 is 0 Å². The number of ether oxygens (including phenoxy) is 1. The molecule has 0 radical (unpaired) electrons. The first-order valence-corrected chi connectivity index (χ1v) is 8.19. The molecule has 0 saturated carbocycles. The molecule has 0 amide bonds. The minimum absolute atomic E-state index is 0.155. The fourth-order valence-corrected chi connectivity index (χ4v) is 2.74. The number of carbonyl (C=O) groups is 1. The molecular formula is C21H14N2O4. The maximum absolute atomic E-state index is 12.5. The molecule has 2 aromatic carbocycles. The van der Waals surface area contributed by atoms with Crippen LogP contribution in [0.3, 0.4) is 0 Å². The first-order chi connectivity index (χ1) is 13.1. The molecule has 4 rings (SSSR count). The van der Waals surface area contributed by atoms with Gasteiger partial charge in [0.2, 0.25) is 0 Å². The maximum atomic E-state index is 12.5. The van der Waals surface area contributed by atoms with Gasteiger partial charge >= 0.3 is 5.97 Å². The third kappa shape index (κ3) is 3.41. The molecule has 132 valence electrons. The number of phenols is 1. The second-order valence-corrected chi connectivity index (χ2v) is 5.93. The summed E-state index contributed by atoms with van der Waals surface area (Å²) in [5, 5.41) is 9.81. The molecule has 0 atom stereocenters. The minimum Gasteiger partial charge on any atom is -0.508 e. The van der Waals surface area contributed by atoms with Gasteiger partial charge < -0.3 is 14.8 Å². The van der Waals surface area contributed by atoms with Crippen LogP contribution in [0.1, 0.15) is 10.4 Å². The van der Waals surface area contributed by atoms with Crippen LogP contribution < -0.4 is 10.2 Å². The number of phenolic OH excluding ortho intramolecular Hbond substituents is 1. The number of hydrogen-bond donors (Lipinski definition) is 2. The number of rotatable bonds is 3. The second-order valence-electron chi connectivity index (χ2n) is 5.93. The van der Waals surface area contributed by atoms with Gasteiger partial charge in [-0.3, -0.25) is 9.78 Å². The number of H-pyrrole nitrogens is 1. The van der Waals surface area contributed by atoms with Crippen molar-refractivity contribution in [2.45, 2.75) is 0 Å². The summed E-state index contributed by atoms with van der Waals surface area (Å²) in [6.07, 6.45) is 2.98. The van der Waals surface area contributed by atoms with Gasteiger partial charge in [-0.25, -0.2) is 4.79 Å². The largest absolute Gasteiger partial charge is 0.508 e. The van der Waals surface area contributed by atoms with E-state index in [1.54, 1.807) is 54.7 Å². The molecule has 2 N–H and O–H groups in total. The van der Waals surface area contributed by atoms with E-state index in [4.69, 9.17) is 4.74 Å². The van der Waals surface area contributed by atoms with Crippen molar-refractivity contribution < 1.29 is 14.6 Å². The van der Waals surface area contributed by atoms with Crippen LogP contribution in [0, 0.1) is 0 Å². The maximum Gasteiger partial charge on any atom is 0.345 e. The van der Waals surface area contributed by atoms with E-state index in [1.165, 1.54) is 18.3 Å². The number of pyridine rings is 2. The molecular weight excluding hydrogens is 344 g/mol. The molecule has 0 saturated heterocycles. The Morgan fingerprint density at radius 2 is 1.85 bits per heavy atom. The van der Waals surface area contributed by atoms with Crippen molar-refractivity contribution in [3.05, 3.63) is 88.8 Å². The van der Waals surface area contributed by atoms with E-state index < -0.39 is 5.97 Å². The van der Waals surface area contributed by atoms with Crippen LogP contribution in [0.15, 0.2) is 77.9 Å². The number of aromatic amines is 1. The number of esters is 1. The summed E-state index contributed by atoms with van der Waals surface area (Å²) in [4.78, 5) is 31.7. The summed E-state index contributed by atoms with van der Waals surface area (Å²) >= 11 is 0. The SMILES string of the molecule is O=C(Oc1ccc2[nH]c(-c3ccc(O)cc3)cc(=O)c2c1)c1cccnc1. The van der Waals surface area contributed by atoms with Crippen molar-refractivity contribution >= 4 is 16.9 Å². The van der Waals surface area contributed by atoms with E-state index in [0.717, 1.165) is 5.56 Å². The van der Waals surface area contributed by atoms with Crippen LogP contribution in [0.2, 0.25) is 0 Å². The van der Waals surface area contributed by atoms with Crippen LogP contribution >= 0.6 is 0 Å². The standard InChI is InChI=1S/C21H14N2O4/c24-15-5-3-13(4-6-15)19-11-20(25)17-10-16(7-8-18(17)23-19)27-21(26)14-2-1-9-22-12-14/h1-12,24H,(H,23,25). The Morgan fingerprint density at radius 1 is 1.04 bits per heavy atom. The van der Waals surface area contributed by atoms with E-state index in [2.05, 4.69) is 9.97 Å². The van der Waals surface area contributed by atoms with Crippen LogP contribution in [-0.4, -0.2) is 21.0 Å². The Labute approximate surface area is 153 Å². The van der Waals surface area contributed by atoms with Crippen molar-refractivity contribution in [3.63, 3.8) is 0 Å². The van der Waals surface area contributed by atoms with Crippen molar-refractivity contribution in [2.75, 3.05) is 0 Å². The fourth-order valence-electron chi connectivity index (χ4n) is 2.74. The summed E-state index contributed by atoms with van der Waals surface area (Å²) in [7, 11) is 0. The van der Waals surface area contributed by atoms with Gasteiger partial charge in [-0.1, -0.05) is 0 Å². The molecule has 0 aliphatic carbocycles. The molecule has 27 heavy (non-hydrogen) atoms. The third-order valence-electron chi connectivity index (χ3n) is 4.09.